The number of amides is 1. The van der Waals surface area contributed by atoms with Gasteiger partial charge in [0.25, 0.3) is 5.91 Å². The molecule has 158 valence electrons. The maximum Gasteiger partial charge on any atom is 0.338 e. The van der Waals surface area contributed by atoms with E-state index in [4.69, 9.17) is 9.47 Å². The van der Waals surface area contributed by atoms with Crippen LogP contribution in [0.25, 0.3) is 10.2 Å². The van der Waals surface area contributed by atoms with E-state index in [1.807, 2.05) is 13.8 Å². The highest BCUT2D eigenvalue weighted by Crippen LogP contribution is 2.20. The van der Waals surface area contributed by atoms with Crippen LogP contribution in [0.15, 0.2) is 35.5 Å². The second-order valence-corrected chi connectivity index (χ2v) is 7.65. The molecule has 0 saturated heterocycles. The molecule has 0 atom stereocenters. The third-order valence-electron chi connectivity index (χ3n) is 4.26. The third kappa shape index (κ3) is 4.48. The number of aromatic nitrogens is 3. The molecule has 0 aliphatic carbocycles. The van der Waals surface area contributed by atoms with Gasteiger partial charge in [-0.25, -0.2) is 4.79 Å². The van der Waals surface area contributed by atoms with Gasteiger partial charge >= 0.3 is 11.9 Å². The Hall–Kier alpha value is -3.27. The lowest BCUT2D eigenvalue weighted by molar-refractivity contribution is -0.141. The molecule has 0 aliphatic heterocycles. The molecule has 3 rings (SSSR count). The molecule has 3 aromatic rings. The number of carbonyl (C=O) groups is 3. The number of esters is 2. The van der Waals surface area contributed by atoms with Gasteiger partial charge in [0.15, 0.2) is 10.5 Å². The van der Waals surface area contributed by atoms with Crippen LogP contribution in [0, 0.1) is 0 Å². The van der Waals surface area contributed by atoms with Crippen molar-refractivity contribution in [3.05, 3.63) is 46.5 Å². The fourth-order valence-corrected chi connectivity index (χ4v) is 3.80. The highest BCUT2D eigenvalue weighted by molar-refractivity contribution is 7.16. The van der Waals surface area contributed by atoms with Crippen molar-refractivity contribution in [3.8, 4) is 0 Å². The van der Waals surface area contributed by atoms with Gasteiger partial charge in [-0.05, 0) is 45.0 Å². The average Bonchev–Trinajstić information content (AvgIpc) is 3.33. The summed E-state index contributed by atoms with van der Waals surface area (Å²) < 4.78 is 13.7. The lowest BCUT2D eigenvalue weighted by Gasteiger charge is -2.05. The first-order valence-corrected chi connectivity index (χ1v) is 10.2. The van der Waals surface area contributed by atoms with Gasteiger partial charge in [0.1, 0.15) is 6.54 Å². The first-order valence-electron chi connectivity index (χ1n) is 9.35. The molecule has 30 heavy (non-hydrogen) atoms. The monoisotopic (exact) mass is 430 g/mol. The van der Waals surface area contributed by atoms with Crippen molar-refractivity contribution in [1.29, 1.82) is 0 Å². The first-order chi connectivity index (χ1) is 14.3. The zero-order chi connectivity index (χ0) is 21.8. The molecule has 0 bridgehead atoms. The lowest BCUT2D eigenvalue weighted by Crippen LogP contribution is -2.22. The van der Waals surface area contributed by atoms with Crippen LogP contribution in [0.3, 0.4) is 0 Å². The van der Waals surface area contributed by atoms with Crippen molar-refractivity contribution < 1.29 is 23.9 Å². The SMILES string of the molecule is CCOC(=O)c1ccc2c(c1)sc(=NC(=O)c1ccn(C(C)C)n1)n2CC(=O)OC. The minimum absolute atomic E-state index is 0.112. The summed E-state index contributed by atoms with van der Waals surface area (Å²) in [6, 6.07) is 6.67. The molecule has 0 fully saturated rings. The van der Waals surface area contributed by atoms with Gasteiger partial charge in [-0.2, -0.15) is 10.1 Å². The number of rotatable bonds is 6. The van der Waals surface area contributed by atoms with Crippen LogP contribution >= 0.6 is 11.3 Å². The van der Waals surface area contributed by atoms with E-state index in [-0.39, 0.29) is 24.9 Å². The zero-order valence-electron chi connectivity index (χ0n) is 17.1. The number of ether oxygens (including phenoxy) is 2. The normalized spacial score (nSPS) is 11.8. The number of nitrogens with zero attached hydrogens (tertiary/aromatic N) is 4. The number of benzene rings is 1. The molecule has 1 aromatic carbocycles. The molecule has 0 N–H and O–H groups in total. The molecule has 9 nitrogen and oxygen atoms in total. The van der Waals surface area contributed by atoms with Gasteiger partial charge in [0.2, 0.25) is 0 Å². The van der Waals surface area contributed by atoms with Crippen molar-refractivity contribution >= 4 is 39.4 Å². The minimum Gasteiger partial charge on any atom is -0.468 e. The summed E-state index contributed by atoms with van der Waals surface area (Å²) in [5, 5.41) is 4.24. The van der Waals surface area contributed by atoms with Crippen molar-refractivity contribution in [1.82, 2.24) is 14.3 Å². The second kappa shape index (κ2) is 9.04. The van der Waals surface area contributed by atoms with Crippen molar-refractivity contribution in [2.75, 3.05) is 13.7 Å². The predicted molar refractivity (Wildman–Crippen MR) is 110 cm³/mol. The summed E-state index contributed by atoms with van der Waals surface area (Å²) in [6.45, 7) is 5.78. The maximum atomic E-state index is 12.7. The molecular formula is C20H22N4O5S. The molecule has 0 saturated carbocycles. The second-order valence-electron chi connectivity index (χ2n) is 6.64. The zero-order valence-corrected chi connectivity index (χ0v) is 17.9. The van der Waals surface area contributed by atoms with E-state index in [1.165, 1.54) is 18.4 Å². The Bertz CT molecular complexity index is 1170. The Morgan fingerprint density at radius 3 is 2.63 bits per heavy atom. The molecular weight excluding hydrogens is 408 g/mol. The average molecular weight is 430 g/mol. The molecule has 0 aliphatic rings. The van der Waals surface area contributed by atoms with Gasteiger partial charge in [0, 0.05) is 12.2 Å². The molecule has 2 heterocycles. The summed E-state index contributed by atoms with van der Waals surface area (Å²) in [7, 11) is 1.29. The Labute approximate surface area is 176 Å². The number of carbonyl (C=O) groups excluding carboxylic acids is 3. The van der Waals surface area contributed by atoms with E-state index in [2.05, 4.69) is 10.1 Å². The van der Waals surface area contributed by atoms with Crippen LogP contribution in [0.1, 0.15) is 47.7 Å². The van der Waals surface area contributed by atoms with E-state index >= 15 is 0 Å². The van der Waals surface area contributed by atoms with Gasteiger partial charge in [-0.3, -0.25) is 14.3 Å². The van der Waals surface area contributed by atoms with E-state index < -0.39 is 17.8 Å². The summed E-state index contributed by atoms with van der Waals surface area (Å²) in [5.74, 6) is -1.45. The Kier molecular flexibility index (Phi) is 6.46. The summed E-state index contributed by atoms with van der Waals surface area (Å²) in [4.78, 5) is 41.1. The molecule has 0 spiro atoms. The van der Waals surface area contributed by atoms with Crippen molar-refractivity contribution in [2.24, 2.45) is 4.99 Å². The van der Waals surface area contributed by atoms with Crippen LogP contribution in [0.4, 0.5) is 0 Å². The number of hydrogen-bond donors (Lipinski definition) is 0. The van der Waals surface area contributed by atoms with Gasteiger partial charge in [0.05, 0.1) is 29.5 Å². The fraction of sp³-hybridized carbons (Fsp3) is 0.350. The smallest absolute Gasteiger partial charge is 0.338 e. The number of methoxy groups -OCH3 is 1. The van der Waals surface area contributed by atoms with Crippen LogP contribution in [0.5, 0.6) is 0 Å². The molecule has 1 amide bonds. The quantitative estimate of drug-likeness (QED) is 0.557. The number of hydrogen-bond acceptors (Lipinski definition) is 7. The topological polar surface area (TPSA) is 105 Å². The first kappa shape index (κ1) is 21.4. The Morgan fingerprint density at radius 2 is 2.00 bits per heavy atom. The highest BCUT2D eigenvalue weighted by Gasteiger charge is 2.16. The van der Waals surface area contributed by atoms with Crippen LogP contribution in [-0.4, -0.2) is 45.9 Å². The highest BCUT2D eigenvalue weighted by atomic mass is 32.1. The number of thiazole rings is 1. The van der Waals surface area contributed by atoms with Crippen LogP contribution in [0.2, 0.25) is 0 Å². The Balaban J connectivity index is 2.09. The summed E-state index contributed by atoms with van der Waals surface area (Å²) in [6.07, 6.45) is 1.71. The van der Waals surface area contributed by atoms with Crippen molar-refractivity contribution in [3.63, 3.8) is 0 Å². The largest absolute Gasteiger partial charge is 0.468 e. The predicted octanol–water partition coefficient (Wildman–Crippen LogP) is 2.57. The van der Waals surface area contributed by atoms with Gasteiger partial charge < -0.3 is 14.0 Å². The van der Waals surface area contributed by atoms with Gasteiger partial charge in [-0.15, -0.1) is 0 Å². The molecule has 0 radical (unpaired) electrons. The van der Waals surface area contributed by atoms with Gasteiger partial charge in [-0.1, -0.05) is 11.3 Å². The molecule has 0 unspecified atom stereocenters. The minimum atomic E-state index is -0.523. The van der Waals surface area contributed by atoms with E-state index in [0.717, 1.165) is 0 Å². The maximum absolute atomic E-state index is 12.7. The molecule has 10 heteroatoms. The number of fused-ring (bicyclic) bond motifs is 1. The van der Waals surface area contributed by atoms with Crippen LogP contribution in [-0.2, 0) is 20.8 Å². The Morgan fingerprint density at radius 1 is 1.23 bits per heavy atom. The third-order valence-corrected chi connectivity index (χ3v) is 5.30. The molecule has 2 aromatic heterocycles. The van der Waals surface area contributed by atoms with E-state index in [1.54, 1.807) is 46.6 Å². The lowest BCUT2D eigenvalue weighted by atomic mass is 10.2. The summed E-state index contributed by atoms with van der Waals surface area (Å²) >= 11 is 1.19. The summed E-state index contributed by atoms with van der Waals surface area (Å²) in [5.41, 5.74) is 1.24. The standard InChI is InChI=1S/C20H22N4O5S/c1-5-29-19(27)13-6-7-15-16(10-13)30-20(23(15)11-17(25)28-4)21-18(26)14-8-9-24(22-14)12(2)3/h6-10,12H,5,11H2,1-4H3. The van der Waals surface area contributed by atoms with Crippen molar-refractivity contribution in [2.45, 2.75) is 33.4 Å². The van der Waals surface area contributed by atoms with Crippen LogP contribution < -0.4 is 4.80 Å². The fourth-order valence-electron chi connectivity index (χ4n) is 2.73. The van der Waals surface area contributed by atoms with E-state index in [0.29, 0.717) is 20.6 Å². The van der Waals surface area contributed by atoms with E-state index in [9.17, 15) is 14.4 Å².